The number of fused-ring (bicyclic) bond motifs is 1. The van der Waals surface area contributed by atoms with E-state index in [1.165, 1.54) is 6.07 Å². The third kappa shape index (κ3) is 3.21. The van der Waals surface area contributed by atoms with E-state index in [4.69, 9.17) is 0 Å². The highest BCUT2D eigenvalue weighted by atomic mass is 16.3. The number of hydrogen-bond donors (Lipinski definition) is 3. The molecular weight excluding hydrogens is 308 g/mol. The lowest BCUT2D eigenvalue weighted by atomic mass is 9.85. The number of carbonyl (C=O) groups excluding carboxylic acids is 1. The molecule has 3 N–H and O–H groups in total. The lowest BCUT2D eigenvalue weighted by molar-refractivity contribution is -0.121. The van der Waals surface area contributed by atoms with Crippen molar-refractivity contribution in [2.45, 2.75) is 52.0 Å². The van der Waals surface area contributed by atoms with Crippen LogP contribution in [0.3, 0.4) is 0 Å². The standard InChI is InChI=1S/C17H24N4O3/c1-10-13(11(2)21-15(18-10)8-17(24)20-21)7-16(23)19-14-6-4-3-5-12(14)9-22/h8,12,14,22H,3-7,9H2,1-2H3,(H,19,23)(H,20,24). The SMILES string of the molecule is Cc1nc2cc(=O)[nH]n2c(C)c1CC(=O)NC1CCCCC1CO. The van der Waals surface area contributed by atoms with Gasteiger partial charge in [-0.15, -0.1) is 0 Å². The van der Waals surface area contributed by atoms with Crippen molar-refractivity contribution in [2.75, 3.05) is 6.61 Å². The molecule has 130 valence electrons. The van der Waals surface area contributed by atoms with E-state index >= 15 is 0 Å². The first-order valence-electron chi connectivity index (χ1n) is 8.47. The molecule has 0 bridgehead atoms. The minimum Gasteiger partial charge on any atom is -0.396 e. The summed E-state index contributed by atoms with van der Waals surface area (Å²) in [5, 5.41) is 15.2. The van der Waals surface area contributed by atoms with Gasteiger partial charge in [0.25, 0.3) is 5.56 Å². The van der Waals surface area contributed by atoms with Crippen LogP contribution in [0, 0.1) is 19.8 Å². The zero-order valence-corrected chi connectivity index (χ0v) is 14.1. The molecule has 3 rings (SSSR count). The van der Waals surface area contributed by atoms with Crippen LogP contribution in [-0.2, 0) is 11.2 Å². The van der Waals surface area contributed by atoms with Gasteiger partial charge in [-0.25, -0.2) is 9.50 Å². The zero-order chi connectivity index (χ0) is 17.3. The molecule has 7 heteroatoms. The van der Waals surface area contributed by atoms with Crippen LogP contribution in [0.25, 0.3) is 5.65 Å². The van der Waals surface area contributed by atoms with Crippen molar-refractivity contribution in [3.63, 3.8) is 0 Å². The zero-order valence-electron chi connectivity index (χ0n) is 14.1. The van der Waals surface area contributed by atoms with Gasteiger partial charge < -0.3 is 10.4 Å². The first-order chi connectivity index (χ1) is 11.5. The molecule has 24 heavy (non-hydrogen) atoms. The molecule has 1 aliphatic carbocycles. The highest BCUT2D eigenvalue weighted by Gasteiger charge is 2.26. The smallest absolute Gasteiger partial charge is 0.266 e. The molecule has 2 atom stereocenters. The van der Waals surface area contributed by atoms with Gasteiger partial charge in [-0.3, -0.25) is 14.7 Å². The average Bonchev–Trinajstić information content (AvgIpc) is 2.92. The summed E-state index contributed by atoms with van der Waals surface area (Å²) in [6.07, 6.45) is 4.28. The Balaban J connectivity index is 1.79. The third-order valence-electron chi connectivity index (χ3n) is 5.03. The maximum Gasteiger partial charge on any atom is 0.266 e. The van der Waals surface area contributed by atoms with Crippen molar-refractivity contribution in [2.24, 2.45) is 5.92 Å². The molecule has 0 aromatic carbocycles. The van der Waals surface area contributed by atoms with E-state index in [1.54, 1.807) is 4.52 Å². The van der Waals surface area contributed by atoms with Crippen LogP contribution >= 0.6 is 0 Å². The van der Waals surface area contributed by atoms with Gasteiger partial charge in [-0.1, -0.05) is 12.8 Å². The molecule has 0 aliphatic heterocycles. The number of H-pyrrole nitrogens is 1. The Morgan fingerprint density at radius 3 is 2.92 bits per heavy atom. The van der Waals surface area contributed by atoms with Crippen molar-refractivity contribution in [1.29, 1.82) is 0 Å². The summed E-state index contributed by atoms with van der Waals surface area (Å²) in [6.45, 7) is 3.84. The molecule has 0 radical (unpaired) electrons. The molecular formula is C17H24N4O3. The summed E-state index contributed by atoms with van der Waals surface area (Å²) >= 11 is 0. The molecule has 1 fully saturated rings. The van der Waals surface area contributed by atoms with Crippen molar-refractivity contribution in [1.82, 2.24) is 19.9 Å². The maximum atomic E-state index is 12.5. The highest BCUT2D eigenvalue weighted by molar-refractivity contribution is 5.79. The third-order valence-corrected chi connectivity index (χ3v) is 5.03. The number of amides is 1. The Morgan fingerprint density at radius 2 is 2.17 bits per heavy atom. The molecule has 2 aromatic heterocycles. The number of aliphatic hydroxyl groups is 1. The lowest BCUT2D eigenvalue weighted by Crippen LogP contribution is -2.44. The van der Waals surface area contributed by atoms with Gasteiger partial charge in [0.2, 0.25) is 5.91 Å². The van der Waals surface area contributed by atoms with Crippen LogP contribution in [0.4, 0.5) is 0 Å². The molecule has 1 saturated carbocycles. The fraction of sp³-hybridized carbons (Fsp3) is 0.588. The second-order valence-electron chi connectivity index (χ2n) is 6.65. The van der Waals surface area contributed by atoms with Crippen LogP contribution in [0.5, 0.6) is 0 Å². The second kappa shape index (κ2) is 6.76. The number of aliphatic hydroxyl groups excluding tert-OH is 1. The summed E-state index contributed by atoms with van der Waals surface area (Å²) in [5.74, 6) is 0.0773. The van der Waals surface area contributed by atoms with E-state index in [1.807, 2.05) is 13.8 Å². The van der Waals surface area contributed by atoms with Crippen molar-refractivity contribution >= 4 is 11.6 Å². The largest absolute Gasteiger partial charge is 0.396 e. The van der Waals surface area contributed by atoms with E-state index in [0.717, 1.165) is 42.6 Å². The number of nitrogens with zero attached hydrogens (tertiary/aromatic N) is 2. The normalized spacial score (nSPS) is 21.1. The Hall–Kier alpha value is -2.15. The van der Waals surface area contributed by atoms with Crippen LogP contribution < -0.4 is 10.9 Å². The lowest BCUT2D eigenvalue weighted by Gasteiger charge is -2.31. The minimum absolute atomic E-state index is 0.0416. The number of aromatic nitrogens is 3. The summed E-state index contributed by atoms with van der Waals surface area (Å²) < 4.78 is 1.62. The van der Waals surface area contributed by atoms with Crippen molar-refractivity contribution in [3.8, 4) is 0 Å². The van der Waals surface area contributed by atoms with Gasteiger partial charge in [0, 0.05) is 41.6 Å². The predicted molar refractivity (Wildman–Crippen MR) is 90.0 cm³/mol. The second-order valence-corrected chi connectivity index (χ2v) is 6.65. The van der Waals surface area contributed by atoms with E-state index < -0.39 is 0 Å². The van der Waals surface area contributed by atoms with Gasteiger partial charge in [-0.2, -0.15) is 0 Å². The Labute approximate surface area is 140 Å². The number of hydrogen-bond acceptors (Lipinski definition) is 4. The molecule has 7 nitrogen and oxygen atoms in total. The molecule has 1 aliphatic rings. The van der Waals surface area contributed by atoms with E-state index in [2.05, 4.69) is 15.4 Å². The van der Waals surface area contributed by atoms with Crippen molar-refractivity contribution in [3.05, 3.63) is 33.4 Å². The summed E-state index contributed by atoms with van der Waals surface area (Å²) in [7, 11) is 0. The number of aromatic amines is 1. The summed E-state index contributed by atoms with van der Waals surface area (Å²) in [6, 6.07) is 1.48. The van der Waals surface area contributed by atoms with Gasteiger partial charge in [0.1, 0.15) is 0 Å². The Bertz CT molecular complexity index is 808. The number of nitrogens with one attached hydrogen (secondary N) is 2. The van der Waals surface area contributed by atoms with E-state index in [0.29, 0.717) is 5.65 Å². The molecule has 2 unspecified atom stereocenters. The topological polar surface area (TPSA) is 99.5 Å². The molecule has 2 heterocycles. The maximum absolute atomic E-state index is 12.5. The van der Waals surface area contributed by atoms with E-state index in [9.17, 15) is 14.7 Å². The Morgan fingerprint density at radius 1 is 1.42 bits per heavy atom. The molecule has 0 saturated heterocycles. The number of rotatable bonds is 4. The molecule has 2 aromatic rings. The molecule has 1 amide bonds. The first kappa shape index (κ1) is 16.7. The van der Waals surface area contributed by atoms with Crippen molar-refractivity contribution < 1.29 is 9.90 Å². The number of aryl methyl sites for hydroxylation is 2. The van der Waals surface area contributed by atoms with Gasteiger partial charge >= 0.3 is 0 Å². The van der Waals surface area contributed by atoms with Gasteiger partial charge in [0.05, 0.1) is 6.42 Å². The quantitative estimate of drug-likeness (QED) is 0.773. The average molecular weight is 332 g/mol. The minimum atomic E-state index is -0.209. The highest BCUT2D eigenvalue weighted by Crippen LogP contribution is 2.24. The van der Waals surface area contributed by atoms with E-state index in [-0.39, 0.29) is 36.5 Å². The monoisotopic (exact) mass is 332 g/mol. The first-order valence-corrected chi connectivity index (χ1v) is 8.47. The predicted octanol–water partition coefficient (Wildman–Crippen LogP) is 0.849. The van der Waals surface area contributed by atoms with Gasteiger partial charge in [-0.05, 0) is 26.7 Å². The fourth-order valence-corrected chi connectivity index (χ4v) is 3.65. The molecule has 0 spiro atoms. The summed E-state index contributed by atoms with van der Waals surface area (Å²) in [5.41, 5.74) is 2.75. The Kier molecular flexibility index (Phi) is 4.71. The van der Waals surface area contributed by atoms with Gasteiger partial charge in [0.15, 0.2) is 5.65 Å². The number of carbonyl (C=O) groups is 1. The van der Waals surface area contributed by atoms with Crippen LogP contribution in [0.2, 0.25) is 0 Å². The van der Waals surface area contributed by atoms with Crippen LogP contribution in [-0.4, -0.2) is 38.3 Å². The summed E-state index contributed by atoms with van der Waals surface area (Å²) in [4.78, 5) is 28.4. The fourth-order valence-electron chi connectivity index (χ4n) is 3.65. The van der Waals surface area contributed by atoms with Crippen LogP contribution in [0.1, 0.15) is 42.6 Å². The van der Waals surface area contributed by atoms with Crippen LogP contribution in [0.15, 0.2) is 10.9 Å².